The van der Waals surface area contributed by atoms with Crippen molar-refractivity contribution in [3.63, 3.8) is 0 Å². The maximum absolute atomic E-state index is 11.5. The second-order valence-electron chi connectivity index (χ2n) is 3.72. The summed E-state index contributed by atoms with van der Waals surface area (Å²) in [6.45, 7) is 4.06. The molecule has 6 nitrogen and oxygen atoms in total. The average molecular weight is 225 g/mol. The van der Waals surface area contributed by atoms with Crippen LogP contribution in [0.25, 0.3) is 0 Å². The molecule has 0 radical (unpaired) electrons. The number of hydrogen-bond acceptors (Lipinski definition) is 5. The number of methoxy groups -OCH3 is 1. The third kappa shape index (κ3) is 2.01. The Bertz CT molecular complexity index is 418. The zero-order valence-corrected chi connectivity index (χ0v) is 9.40. The van der Waals surface area contributed by atoms with Gasteiger partial charge in [-0.3, -0.25) is 4.79 Å². The lowest BCUT2D eigenvalue weighted by molar-refractivity contribution is 0.0527. The molecule has 0 bridgehead atoms. The summed E-state index contributed by atoms with van der Waals surface area (Å²) < 4.78 is 10.5. The van der Waals surface area contributed by atoms with Gasteiger partial charge in [-0.25, -0.2) is 4.98 Å². The van der Waals surface area contributed by atoms with Gasteiger partial charge in [0, 0.05) is 13.1 Å². The molecule has 0 aliphatic carbocycles. The number of aromatic amines is 1. The highest BCUT2D eigenvalue weighted by Gasteiger charge is 2.22. The molecule has 1 aliphatic rings. The topological polar surface area (TPSA) is 67.5 Å². The molecule has 1 unspecified atom stereocenters. The number of nitrogens with one attached hydrogen (secondary N) is 1. The van der Waals surface area contributed by atoms with Crippen molar-refractivity contribution in [1.82, 2.24) is 9.97 Å². The molecule has 1 atom stereocenters. The van der Waals surface area contributed by atoms with Crippen LogP contribution in [0.2, 0.25) is 0 Å². The first kappa shape index (κ1) is 10.9. The Morgan fingerprint density at radius 2 is 2.50 bits per heavy atom. The fourth-order valence-corrected chi connectivity index (χ4v) is 1.80. The number of anilines is 1. The van der Waals surface area contributed by atoms with Gasteiger partial charge in [0.2, 0.25) is 5.75 Å². The van der Waals surface area contributed by atoms with Crippen LogP contribution >= 0.6 is 0 Å². The van der Waals surface area contributed by atoms with Crippen LogP contribution in [-0.4, -0.2) is 42.9 Å². The van der Waals surface area contributed by atoms with Crippen molar-refractivity contribution in [2.24, 2.45) is 0 Å². The highest BCUT2D eigenvalue weighted by atomic mass is 16.5. The first-order valence-corrected chi connectivity index (χ1v) is 5.20. The molecule has 16 heavy (non-hydrogen) atoms. The molecule has 2 rings (SSSR count). The van der Waals surface area contributed by atoms with Crippen molar-refractivity contribution in [2.75, 3.05) is 31.7 Å². The van der Waals surface area contributed by atoms with E-state index in [-0.39, 0.29) is 17.4 Å². The molecular weight excluding hydrogens is 210 g/mol. The fraction of sp³-hybridized carbons (Fsp3) is 0.600. The minimum absolute atomic E-state index is 0.138. The van der Waals surface area contributed by atoms with Gasteiger partial charge in [-0.2, -0.15) is 0 Å². The van der Waals surface area contributed by atoms with Gasteiger partial charge < -0.3 is 19.4 Å². The molecule has 1 aromatic rings. The van der Waals surface area contributed by atoms with Crippen molar-refractivity contribution in [2.45, 2.75) is 13.0 Å². The SMILES string of the molecule is COc1c(N2CCOC(C)C2)nc[nH]c1=O. The van der Waals surface area contributed by atoms with Crippen LogP contribution in [0, 0.1) is 0 Å². The summed E-state index contributed by atoms with van der Waals surface area (Å²) in [5.41, 5.74) is -0.258. The lowest BCUT2D eigenvalue weighted by atomic mass is 10.3. The van der Waals surface area contributed by atoms with E-state index in [9.17, 15) is 4.79 Å². The van der Waals surface area contributed by atoms with Crippen LogP contribution in [0.15, 0.2) is 11.1 Å². The van der Waals surface area contributed by atoms with E-state index in [1.807, 2.05) is 11.8 Å². The maximum atomic E-state index is 11.5. The summed E-state index contributed by atoms with van der Waals surface area (Å²) in [4.78, 5) is 20.2. The van der Waals surface area contributed by atoms with Crippen molar-refractivity contribution >= 4 is 5.82 Å². The largest absolute Gasteiger partial charge is 0.489 e. The Morgan fingerprint density at radius 1 is 1.69 bits per heavy atom. The van der Waals surface area contributed by atoms with Gasteiger partial charge >= 0.3 is 0 Å². The van der Waals surface area contributed by atoms with E-state index in [0.29, 0.717) is 19.0 Å². The van der Waals surface area contributed by atoms with E-state index in [4.69, 9.17) is 9.47 Å². The Morgan fingerprint density at radius 3 is 3.19 bits per heavy atom. The number of hydrogen-bond donors (Lipinski definition) is 1. The third-order valence-electron chi connectivity index (χ3n) is 2.54. The second-order valence-corrected chi connectivity index (χ2v) is 3.72. The Hall–Kier alpha value is -1.56. The highest BCUT2D eigenvalue weighted by Crippen LogP contribution is 2.22. The minimum atomic E-state index is -0.258. The van der Waals surface area contributed by atoms with Gasteiger partial charge in [-0.05, 0) is 6.92 Å². The van der Waals surface area contributed by atoms with Gasteiger partial charge in [0.05, 0.1) is 26.1 Å². The molecule has 0 saturated carbocycles. The van der Waals surface area contributed by atoms with Crippen molar-refractivity contribution in [3.8, 4) is 5.75 Å². The van der Waals surface area contributed by atoms with Gasteiger partial charge in [0.1, 0.15) is 0 Å². The van der Waals surface area contributed by atoms with E-state index < -0.39 is 0 Å². The second kappa shape index (κ2) is 4.52. The summed E-state index contributed by atoms with van der Waals surface area (Å²) in [7, 11) is 1.47. The molecule has 6 heteroatoms. The van der Waals surface area contributed by atoms with E-state index in [2.05, 4.69) is 9.97 Å². The monoisotopic (exact) mass is 225 g/mol. The van der Waals surface area contributed by atoms with Crippen LogP contribution in [0.3, 0.4) is 0 Å². The highest BCUT2D eigenvalue weighted by molar-refractivity contribution is 5.50. The zero-order chi connectivity index (χ0) is 11.5. The predicted octanol–water partition coefficient (Wildman–Crippen LogP) is 0.00360. The third-order valence-corrected chi connectivity index (χ3v) is 2.54. The standard InChI is InChI=1S/C10H15N3O3/c1-7-5-13(3-4-16-7)9-8(15-2)10(14)12-6-11-9/h6-7H,3-5H2,1-2H3,(H,11,12,14). The average Bonchev–Trinajstić information content (AvgIpc) is 2.28. The van der Waals surface area contributed by atoms with Crippen LogP contribution < -0.4 is 15.2 Å². The molecule has 1 aliphatic heterocycles. The minimum Gasteiger partial charge on any atom is -0.489 e. The molecule has 0 aromatic carbocycles. The summed E-state index contributed by atoms with van der Waals surface area (Å²) in [5, 5.41) is 0. The molecule has 88 valence electrons. The molecule has 0 spiro atoms. The fourth-order valence-electron chi connectivity index (χ4n) is 1.80. The maximum Gasteiger partial charge on any atom is 0.295 e. The zero-order valence-electron chi connectivity index (χ0n) is 9.40. The number of rotatable bonds is 2. The van der Waals surface area contributed by atoms with Crippen molar-refractivity contribution in [1.29, 1.82) is 0 Å². The predicted molar refractivity (Wildman–Crippen MR) is 59.0 cm³/mol. The Labute approximate surface area is 93.2 Å². The molecule has 1 fully saturated rings. The Balaban J connectivity index is 2.32. The van der Waals surface area contributed by atoms with E-state index in [0.717, 1.165) is 6.54 Å². The van der Waals surface area contributed by atoms with Crippen molar-refractivity contribution in [3.05, 3.63) is 16.7 Å². The van der Waals surface area contributed by atoms with Crippen molar-refractivity contribution < 1.29 is 9.47 Å². The summed E-state index contributed by atoms with van der Waals surface area (Å²) in [5.74, 6) is 0.845. The Kier molecular flexibility index (Phi) is 3.09. The van der Waals surface area contributed by atoms with E-state index in [1.165, 1.54) is 13.4 Å². The molecule has 1 saturated heterocycles. The smallest absolute Gasteiger partial charge is 0.295 e. The number of nitrogens with zero attached hydrogens (tertiary/aromatic N) is 2. The molecular formula is C10H15N3O3. The van der Waals surface area contributed by atoms with Gasteiger partial charge in [-0.1, -0.05) is 0 Å². The lowest BCUT2D eigenvalue weighted by Gasteiger charge is -2.32. The normalized spacial score (nSPS) is 20.9. The van der Waals surface area contributed by atoms with Gasteiger partial charge in [0.25, 0.3) is 5.56 Å². The molecule has 1 aromatic heterocycles. The van der Waals surface area contributed by atoms with Crippen LogP contribution in [0.5, 0.6) is 5.75 Å². The number of ether oxygens (including phenoxy) is 2. The summed E-state index contributed by atoms with van der Waals surface area (Å²) in [6.07, 6.45) is 1.53. The number of morpholine rings is 1. The van der Waals surface area contributed by atoms with E-state index >= 15 is 0 Å². The quantitative estimate of drug-likeness (QED) is 0.767. The summed E-state index contributed by atoms with van der Waals surface area (Å²) in [6, 6.07) is 0. The first-order valence-electron chi connectivity index (χ1n) is 5.20. The number of H-pyrrole nitrogens is 1. The van der Waals surface area contributed by atoms with E-state index in [1.54, 1.807) is 0 Å². The lowest BCUT2D eigenvalue weighted by Crippen LogP contribution is -2.42. The molecule has 2 heterocycles. The van der Waals surface area contributed by atoms with Crippen LogP contribution in [0.1, 0.15) is 6.92 Å². The van der Waals surface area contributed by atoms with Crippen LogP contribution in [0.4, 0.5) is 5.82 Å². The first-order chi connectivity index (χ1) is 7.72. The summed E-state index contributed by atoms with van der Waals surface area (Å²) >= 11 is 0. The molecule has 1 N–H and O–H groups in total. The van der Waals surface area contributed by atoms with Crippen LogP contribution in [-0.2, 0) is 4.74 Å². The molecule has 0 amide bonds. The number of aromatic nitrogens is 2. The van der Waals surface area contributed by atoms with Gasteiger partial charge in [0.15, 0.2) is 5.82 Å². The van der Waals surface area contributed by atoms with Gasteiger partial charge in [-0.15, -0.1) is 0 Å².